The summed E-state index contributed by atoms with van der Waals surface area (Å²) in [4.78, 5) is 0. The van der Waals surface area contributed by atoms with Gasteiger partial charge >= 0.3 is 0 Å². The van der Waals surface area contributed by atoms with Crippen LogP contribution < -0.4 is 5.73 Å². The van der Waals surface area contributed by atoms with Crippen LogP contribution in [0.3, 0.4) is 0 Å². The van der Waals surface area contributed by atoms with E-state index in [1.807, 2.05) is 0 Å². The Bertz CT molecular complexity index is 487. The number of benzene rings is 1. The largest absolute Gasteiger partial charge is 0.375 e. The zero-order valence-electron chi connectivity index (χ0n) is 11.6. The third-order valence-corrected chi connectivity index (χ3v) is 5.56. The molecule has 4 heteroatoms. The Morgan fingerprint density at radius 1 is 1.35 bits per heavy atom. The molecule has 0 aromatic heterocycles. The molecule has 20 heavy (non-hydrogen) atoms. The van der Waals surface area contributed by atoms with Gasteiger partial charge in [0.1, 0.15) is 5.82 Å². The van der Waals surface area contributed by atoms with E-state index in [1.165, 1.54) is 37.8 Å². The van der Waals surface area contributed by atoms with E-state index in [2.05, 4.69) is 15.9 Å². The molecule has 2 unspecified atom stereocenters. The molecule has 1 saturated heterocycles. The third-order valence-electron chi connectivity index (χ3n) is 4.88. The Morgan fingerprint density at radius 2 is 2.10 bits per heavy atom. The summed E-state index contributed by atoms with van der Waals surface area (Å²) in [5.41, 5.74) is 7.55. The van der Waals surface area contributed by atoms with Gasteiger partial charge in [0, 0.05) is 17.1 Å². The van der Waals surface area contributed by atoms with E-state index in [0.29, 0.717) is 5.92 Å². The molecule has 1 aromatic carbocycles. The van der Waals surface area contributed by atoms with Gasteiger partial charge in [-0.05, 0) is 49.3 Å². The first-order valence-corrected chi connectivity index (χ1v) is 8.23. The monoisotopic (exact) mass is 341 g/mol. The van der Waals surface area contributed by atoms with Gasteiger partial charge in [-0.2, -0.15) is 0 Å². The van der Waals surface area contributed by atoms with E-state index in [0.717, 1.165) is 29.5 Å². The van der Waals surface area contributed by atoms with Gasteiger partial charge < -0.3 is 10.5 Å². The second-order valence-electron chi connectivity index (χ2n) is 6.18. The molecule has 1 aliphatic heterocycles. The molecule has 1 heterocycles. The molecule has 1 saturated carbocycles. The average Bonchev–Trinajstić information content (AvgIpc) is 2.86. The van der Waals surface area contributed by atoms with E-state index in [9.17, 15) is 4.39 Å². The van der Waals surface area contributed by atoms with E-state index in [4.69, 9.17) is 10.5 Å². The summed E-state index contributed by atoms with van der Waals surface area (Å²) >= 11 is 3.44. The summed E-state index contributed by atoms with van der Waals surface area (Å²) in [5, 5.41) is 0. The highest BCUT2D eigenvalue weighted by Crippen LogP contribution is 2.45. The molecule has 2 N–H and O–H groups in total. The van der Waals surface area contributed by atoms with Crippen LogP contribution in [-0.4, -0.2) is 12.2 Å². The van der Waals surface area contributed by atoms with Crippen molar-refractivity contribution in [2.24, 2.45) is 11.7 Å². The fraction of sp³-hybridized carbons (Fsp3) is 0.625. The molecule has 2 atom stereocenters. The standard InChI is InChI=1S/C16H21BrFNO/c17-14-9-12(18)3-4-13(14)15(19)11-5-8-20-16(10-11)6-1-2-7-16/h3-4,9,11,15H,1-2,5-8,10,19H2. The highest BCUT2D eigenvalue weighted by molar-refractivity contribution is 9.10. The fourth-order valence-corrected chi connectivity index (χ4v) is 4.38. The van der Waals surface area contributed by atoms with Crippen molar-refractivity contribution in [3.05, 3.63) is 34.1 Å². The summed E-state index contributed by atoms with van der Waals surface area (Å²) in [6, 6.07) is 4.75. The van der Waals surface area contributed by atoms with Gasteiger partial charge in [0.05, 0.1) is 5.60 Å². The van der Waals surface area contributed by atoms with Crippen LogP contribution >= 0.6 is 15.9 Å². The summed E-state index contributed by atoms with van der Waals surface area (Å²) in [6.45, 7) is 0.803. The lowest BCUT2D eigenvalue weighted by Crippen LogP contribution is -2.40. The molecule has 0 amide bonds. The van der Waals surface area contributed by atoms with E-state index in [-0.39, 0.29) is 17.5 Å². The minimum Gasteiger partial charge on any atom is -0.375 e. The maximum Gasteiger partial charge on any atom is 0.124 e. The minimum absolute atomic E-state index is 0.0497. The quantitative estimate of drug-likeness (QED) is 0.868. The van der Waals surface area contributed by atoms with Crippen LogP contribution in [0.5, 0.6) is 0 Å². The Balaban J connectivity index is 1.77. The van der Waals surface area contributed by atoms with Crippen LogP contribution in [0.15, 0.2) is 22.7 Å². The molecule has 2 nitrogen and oxygen atoms in total. The second-order valence-corrected chi connectivity index (χ2v) is 7.04. The van der Waals surface area contributed by atoms with Crippen molar-refractivity contribution < 1.29 is 9.13 Å². The Labute approximate surface area is 128 Å². The number of nitrogens with two attached hydrogens (primary N) is 1. The van der Waals surface area contributed by atoms with Crippen LogP contribution in [-0.2, 0) is 4.74 Å². The van der Waals surface area contributed by atoms with Crippen molar-refractivity contribution in [2.75, 3.05) is 6.61 Å². The van der Waals surface area contributed by atoms with Crippen molar-refractivity contribution in [1.29, 1.82) is 0 Å². The normalized spacial score (nSPS) is 26.9. The second kappa shape index (κ2) is 5.74. The van der Waals surface area contributed by atoms with E-state index < -0.39 is 0 Å². The predicted octanol–water partition coefficient (Wildman–Crippen LogP) is 4.33. The molecule has 0 bridgehead atoms. The molecular weight excluding hydrogens is 321 g/mol. The number of rotatable bonds is 2. The van der Waals surface area contributed by atoms with E-state index in [1.54, 1.807) is 6.07 Å². The first-order valence-electron chi connectivity index (χ1n) is 7.44. The minimum atomic E-state index is -0.230. The van der Waals surface area contributed by atoms with Gasteiger partial charge in [-0.25, -0.2) is 4.39 Å². The number of hydrogen-bond donors (Lipinski definition) is 1. The summed E-state index contributed by atoms with van der Waals surface area (Å²) in [7, 11) is 0. The highest BCUT2D eigenvalue weighted by atomic mass is 79.9. The Hall–Kier alpha value is -0.450. The Kier molecular flexibility index (Phi) is 4.16. The Morgan fingerprint density at radius 3 is 2.80 bits per heavy atom. The van der Waals surface area contributed by atoms with Gasteiger partial charge in [-0.15, -0.1) is 0 Å². The predicted molar refractivity (Wildman–Crippen MR) is 80.9 cm³/mol. The molecule has 3 rings (SSSR count). The van der Waals surface area contributed by atoms with Gasteiger partial charge in [0.2, 0.25) is 0 Å². The molecule has 0 radical (unpaired) electrons. The molecular formula is C16H21BrFNO. The van der Waals surface area contributed by atoms with Crippen molar-refractivity contribution >= 4 is 15.9 Å². The van der Waals surface area contributed by atoms with Crippen molar-refractivity contribution in [2.45, 2.75) is 50.2 Å². The zero-order chi connectivity index (χ0) is 14.2. The lowest BCUT2D eigenvalue weighted by atomic mass is 9.79. The summed E-state index contributed by atoms with van der Waals surface area (Å²) < 4.78 is 20.0. The van der Waals surface area contributed by atoms with Crippen LogP contribution in [0.4, 0.5) is 4.39 Å². The maximum absolute atomic E-state index is 13.2. The lowest BCUT2D eigenvalue weighted by Gasteiger charge is -2.40. The number of halogens is 2. The van der Waals surface area contributed by atoms with Crippen LogP contribution in [0.1, 0.15) is 50.1 Å². The first-order chi connectivity index (χ1) is 9.60. The molecule has 110 valence electrons. The van der Waals surface area contributed by atoms with E-state index >= 15 is 0 Å². The third kappa shape index (κ3) is 2.78. The van der Waals surface area contributed by atoms with Gasteiger partial charge in [0.25, 0.3) is 0 Å². The number of hydrogen-bond acceptors (Lipinski definition) is 2. The molecule has 2 aliphatic rings. The summed E-state index contributed by atoms with van der Waals surface area (Å²) in [5.74, 6) is 0.190. The number of ether oxygens (including phenoxy) is 1. The van der Waals surface area contributed by atoms with Crippen LogP contribution in [0.2, 0.25) is 0 Å². The maximum atomic E-state index is 13.2. The highest BCUT2D eigenvalue weighted by Gasteiger charge is 2.41. The van der Waals surface area contributed by atoms with Crippen molar-refractivity contribution in [3.8, 4) is 0 Å². The van der Waals surface area contributed by atoms with Crippen LogP contribution in [0.25, 0.3) is 0 Å². The fourth-order valence-electron chi connectivity index (χ4n) is 3.77. The van der Waals surface area contributed by atoms with Gasteiger partial charge in [0.15, 0.2) is 0 Å². The molecule has 1 spiro atoms. The topological polar surface area (TPSA) is 35.2 Å². The zero-order valence-corrected chi connectivity index (χ0v) is 13.2. The molecule has 1 aromatic rings. The lowest BCUT2D eigenvalue weighted by molar-refractivity contribution is -0.0964. The first kappa shape index (κ1) is 14.5. The van der Waals surface area contributed by atoms with Gasteiger partial charge in [-0.1, -0.05) is 34.8 Å². The van der Waals surface area contributed by atoms with Crippen molar-refractivity contribution in [1.82, 2.24) is 0 Å². The van der Waals surface area contributed by atoms with Crippen molar-refractivity contribution in [3.63, 3.8) is 0 Å². The molecule has 2 fully saturated rings. The average molecular weight is 342 g/mol. The van der Waals surface area contributed by atoms with Gasteiger partial charge in [-0.3, -0.25) is 0 Å². The van der Waals surface area contributed by atoms with Crippen LogP contribution in [0, 0.1) is 11.7 Å². The SMILES string of the molecule is NC(c1ccc(F)cc1Br)C1CCOC2(CCCC2)C1. The molecule has 1 aliphatic carbocycles. The smallest absolute Gasteiger partial charge is 0.124 e. The summed E-state index contributed by atoms with van der Waals surface area (Å²) in [6.07, 6.45) is 6.90.